The Kier molecular flexibility index (Phi) is 5.17. The van der Waals surface area contributed by atoms with Crippen LogP contribution in [0, 0.1) is 0 Å². The second-order valence-electron chi connectivity index (χ2n) is 5.71. The molecular weight excluding hydrogens is 334 g/mol. The van der Waals surface area contributed by atoms with Crippen LogP contribution in [0.1, 0.15) is 23.0 Å². The Morgan fingerprint density at radius 2 is 1.96 bits per heavy atom. The molecule has 26 heavy (non-hydrogen) atoms. The number of hydrogen-bond donors (Lipinski definition) is 2. The van der Waals surface area contributed by atoms with Crippen molar-refractivity contribution in [2.24, 2.45) is 0 Å². The first-order valence-electron chi connectivity index (χ1n) is 8.23. The monoisotopic (exact) mass is 353 g/mol. The number of ether oxygens (including phenoxy) is 1. The highest BCUT2D eigenvalue weighted by Crippen LogP contribution is 2.24. The first kappa shape index (κ1) is 17.5. The molecule has 134 valence electrons. The highest BCUT2D eigenvalue weighted by atomic mass is 16.5. The first-order valence-corrected chi connectivity index (χ1v) is 8.23. The quantitative estimate of drug-likeness (QED) is 0.663. The van der Waals surface area contributed by atoms with Crippen LogP contribution in [0.15, 0.2) is 48.8 Å². The average molecular weight is 353 g/mol. The van der Waals surface area contributed by atoms with Crippen molar-refractivity contribution in [3.8, 4) is 5.75 Å². The number of nitrogens with one attached hydrogen (secondary N) is 1. The molecule has 3 aromatic rings. The molecule has 1 aromatic carbocycles. The molecule has 0 saturated heterocycles. The van der Waals surface area contributed by atoms with Gasteiger partial charge in [0.25, 0.3) is 0 Å². The molecule has 0 bridgehead atoms. The fraction of sp³-hybridized carbons (Fsp3) is 0.211. The SMILES string of the molecule is CCOC(=O)c1cc2cc(O)ccc2n1CC(=O)NCc1ccncc1. The number of rotatable bonds is 6. The summed E-state index contributed by atoms with van der Waals surface area (Å²) in [6.07, 6.45) is 3.32. The number of carbonyl (C=O) groups is 2. The van der Waals surface area contributed by atoms with Crippen molar-refractivity contribution in [1.29, 1.82) is 0 Å². The fourth-order valence-corrected chi connectivity index (χ4v) is 2.70. The van der Waals surface area contributed by atoms with Crippen LogP contribution in [-0.4, -0.2) is 33.1 Å². The van der Waals surface area contributed by atoms with Crippen LogP contribution in [0.4, 0.5) is 0 Å². The molecular formula is C19H19N3O4. The van der Waals surface area contributed by atoms with Gasteiger partial charge in [0.2, 0.25) is 5.91 Å². The summed E-state index contributed by atoms with van der Waals surface area (Å²) in [5, 5.41) is 13.1. The van der Waals surface area contributed by atoms with E-state index >= 15 is 0 Å². The summed E-state index contributed by atoms with van der Waals surface area (Å²) in [4.78, 5) is 28.5. The van der Waals surface area contributed by atoms with Crippen LogP contribution < -0.4 is 5.32 Å². The number of aromatic hydroxyl groups is 1. The number of nitrogens with zero attached hydrogens (tertiary/aromatic N) is 2. The van der Waals surface area contributed by atoms with Crippen LogP contribution >= 0.6 is 0 Å². The summed E-state index contributed by atoms with van der Waals surface area (Å²) < 4.78 is 6.67. The number of esters is 1. The minimum absolute atomic E-state index is 0.0342. The van der Waals surface area contributed by atoms with Crippen molar-refractivity contribution in [3.05, 3.63) is 60.0 Å². The molecule has 1 amide bonds. The third kappa shape index (κ3) is 3.83. The van der Waals surface area contributed by atoms with E-state index in [2.05, 4.69) is 10.3 Å². The Morgan fingerprint density at radius 3 is 2.69 bits per heavy atom. The van der Waals surface area contributed by atoms with Crippen molar-refractivity contribution in [3.63, 3.8) is 0 Å². The van der Waals surface area contributed by atoms with E-state index in [1.807, 2.05) is 12.1 Å². The highest BCUT2D eigenvalue weighted by molar-refractivity contribution is 5.97. The molecule has 3 rings (SSSR count). The van der Waals surface area contributed by atoms with Gasteiger partial charge < -0.3 is 19.7 Å². The van der Waals surface area contributed by atoms with E-state index in [-0.39, 0.29) is 30.5 Å². The molecule has 0 radical (unpaired) electrons. The van der Waals surface area contributed by atoms with Gasteiger partial charge in [0, 0.05) is 29.8 Å². The lowest BCUT2D eigenvalue weighted by Gasteiger charge is -2.11. The van der Waals surface area contributed by atoms with Gasteiger partial charge in [0.15, 0.2) is 0 Å². The van der Waals surface area contributed by atoms with Gasteiger partial charge in [-0.1, -0.05) is 0 Å². The summed E-state index contributed by atoms with van der Waals surface area (Å²) >= 11 is 0. The number of fused-ring (bicyclic) bond motifs is 1. The largest absolute Gasteiger partial charge is 0.508 e. The lowest BCUT2D eigenvalue weighted by molar-refractivity contribution is -0.121. The highest BCUT2D eigenvalue weighted by Gasteiger charge is 2.18. The molecule has 0 aliphatic heterocycles. The van der Waals surface area contributed by atoms with Crippen molar-refractivity contribution in [2.75, 3.05) is 6.61 Å². The van der Waals surface area contributed by atoms with Crippen molar-refractivity contribution in [2.45, 2.75) is 20.0 Å². The first-order chi connectivity index (χ1) is 12.6. The Labute approximate surface area is 150 Å². The third-order valence-electron chi connectivity index (χ3n) is 3.91. The molecule has 0 spiro atoms. The van der Waals surface area contributed by atoms with E-state index in [0.29, 0.717) is 17.4 Å². The molecule has 2 aromatic heterocycles. The van der Waals surface area contributed by atoms with Gasteiger partial charge in [-0.25, -0.2) is 4.79 Å². The molecule has 0 atom stereocenters. The van der Waals surface area contributed by atoms with Crippen molar-refractivity contribution < 1.29 is 19.4 Å². The third-order valence-corrected chi connectivity index (χ3v) is 3.91. The van der Waals surface area contributed by atoms with E-state index in [1.165, 1.54) is 6.07 Å². The normalized spacial score (nSPS) is 10.7. The van der Waals surface area contributed by atoms with E-state index in [4.69, 9.17) is 4.74 Å². The number of hydrogen-bond acceptors (Lipinski definition) is 5. The van der Waals surface area contributed by atoms with E-state index in [1.54, 1.807) is 42.1 Å². The van der Waals surface area contributed by atoms with Crippen LogP contribution in [0.3, 0.4) is 0 Å². The Hall–Kier alpha value is -3.35. The number of phenolic OH excluding ortho intramolecular Hbond substituents is 1. The second kappa shape index (κ2) is 7.69. The number of phenols is 1. The Morgan fingerprint density at radius 1 is 1.19 bits per heavy atom. The topological polar surface area (TPSA) is 93.5 Å². The molecule has 2 N–H and O–H groups in total. The Balaban J connectivity index is 1.84. The molecule has 0 aliphatic rings. The van der Waals surface area contributed by atoms with Gasteiger partial charge in [-0.3, -0.25) is 9.78 Å². The lowest BCUT2D eigenvalue weighted by atomic mass is 10.2. The predicted octanol–water partition coefficient (Wildman–Crippen LogP) is 2.23. The maximum Gasteiger partial charge on any atom is 0.354 e. The van der Waals surface area contributed by atoms with Crippen LogP contribution in [0.5, 0.6) is 5.75 Å². The number of amides is 1. The summed E-state index contributed by atoms with van der Waals surface area (Å²) in [7, 11) is 0. The maximum atomic E-state index is 12.4. The Bertz CT molecular complexity index is 935. The number of benzene rings is 1. The smallest absolute Gasteiger partial charge is 0.354 e. The fourth-order valence-electron chi connectivity index (χ4n) is 2.70. The molecule has 0 fully saturated rings. The zero-order valence-electron chi connectivity index (χ0n) is 14.3. The lowest BCUT2D eigenvalue weighted by Crippen LogP contribution is -2.28. The summed E-state index contributed by atoms with van der Waals surface area (Å²) in [6, 6.07) is 9.98. The van der Waals surface area contributed by atoms with Crippen LogP contribution in [0.2, 0.25) is 0 Å². The second-order valence-corrected chi connectivity index (χ2v) is 5.71. The standard InChI is InChI=1S/C19H19N3O4/c1-2-26-19(25)17-10-14-9-15(23)3-4-16(14)22(17)12-18(24)21-11-13-5-7-20-8-6-13/h3-10,23H,2,11-12H2,1H3,(H,21,24). The number of pyridine rings is 1. The van der Waals surface area contributed by atoms with Gasteiger partial charge >= 0.3 is 5.97 Å². The summed E-state index contributed by atoms with van der Waals surface area (Å²) in [5.41, 5.74) is 1.87. The zero-order valence-corrected chi connectivity index (χ0v) is 14.3. The van der Waals surface area contributed by atoms with Gasteiger partial charge in [-0.15, -0.1) is 0 Å². The maximum absolute atomic E-state index is 12.4. The van der Waals surface area contributed by atoms with E-state index in [9.17, 15) is 14.7 Å². The van der Waals surface area contributed by atoms with Crippen molar-refractivity contribution >= 4 is 22.8 Å². The van der Waals surface area contributed by atoms with Gasteiger partial charge in [-0.05, 0) is 48.9 Å². The summed E-state index contributed by atoms with van der Waals surface area (Å²) in [6.45, 7) is 2.29. The van der Waals surface area contributed by atoms with E-state index < -0.39 is 5.97 Å². The molecule has 7 nitrogen and oxygen atoms in total. The molecule has 0 unspecified atom stereocenters. The van der Waals surface area contributed by atoms with Crippen LogP contribution in [-0.2, 0) is 22.6 Å². The molecule has 0 saturated carbocycles. The van der Waals surface area contributed by atoms with Gasteiger partial charge in [0.05, 0.1) is 6.61 Å². The minimum Gasteiger partial charge on any atom is -0.508 e. The van der Waals surface area contributed by atoms with Gasteiger partial charge in [0.1, 0.15) is 18.0 Å². The predicted molar refractivity (Wildman–Crippen MR) is 95.6 cm³/mol. The number of carbonyl (C=O) groups excluding carboxylic acids is 2. The molecule has 0 aliphatic carbocycles. The van der Waals surface area contributed by atoms with Gasteiger partial charge in [-0.2, -0.15) is 0 Å². The van der Waals surface area contributed by atoms with Crippen LogP contribution in [0.25, 0.3) is 10.9 Å². The minimum atomic E-state index is -0.509. The molecule has 7 heteroatoms. The van der Waals surface area contributed by atoms with Crippen molar-refractivity contribution in [1.82, 2.24) is 14.9 Å². The average Bonchev–Trinajstić information content (AvgIpc) is 2.98. The molecule has 2 heterocycles. The van der Waals surface area contributed by atoms with E-state index in [0.717, 1.165) is 5.56 Å². The zero-order chi connectivity index (χ0) is 18.5. The summed E-state index contributed by atoms with van der Waals surface area (Å²) in [5.74, 6) is -0.657. The number of aromatic nitrogens is 2.